The molecule has 0 N–H and O–H groups in total. The van der Waals surface area contributed by atoms with Crippen LogP contribution in [-0.4, -0.2) is 36.5 Å². The highest BCUT2D eigenvalue weighted by Crippen LogP contribution is 2.31. The molecule has 0 aliphatic heterocycles. The summed E-state index contributed by atoms with van der Waals surface area (Å²) in [5.74, 6) is 0.104. The molecule has 3 atom stereocenters. The number of rotatable bonds is 4. The Morgan fingerprint density at radius 3 is 2.29 bits per heavy atom. The van der Waals surface area contributed by atoms with E-state index in [1.165, 1.54) is 13.5 Å². The van der Waals surface area contributed by atoms with Crippen molar-refractivity contribution in [3.63, 3.8) is 0 Å². The summed E-state index contributed by atoms with van der Waals surface area (Å²) in [6, 6.07) is 0.248. The molecule has 0 aromatic rings. The summed E-state index contributed by atoms with van der Waals surface area (Å²) < 4.78 is 4.82. The number of nitrogens with zero attached hydrogens (tertiary/aromatic N) is 1. The molecule has 4 heteroatoms. The molecule has 1 amide bonds. The maximum Gasteiger partial charge on any atom is 0.310 e. The highest BCUT2D eigenvalue weighted by molar-refractivity contribution is 5.82. The zero-order chi connectivity index (χ0) is 16.2. The van der Waals surface area contributed by atoms with Crippen molar-refractivity contribution < 1.29 is 14.3 Å². The SMILES string of the molecule is COC(=O)C(C)CN(C(=O)C(C)(C)C)C1CCCCC1C. The maximum absolute atomic E-state index is 12.8. The lowest BCUT2D eigenvalue weighted by atomic mass is 9.82. The number of esters is 1. The summed E-state index contributed by atoms with van der Waals surface area (Å²) in [6.07, 6.45) is 4.60. The van der Waals surface area contributed by atoms with E-state index < -0.39 is 5.41 Å². The topological polar surface area (TPSA) is 46.6 Å². The molecule has 0 aromatic heterocycles. The average molecular weight is 297 g/mol. The first-order valence-electron chi connectivity index (χ1n) is 8.07. The van der Waals surface area contributed by atoms with Crippen molar-refractivity contribution in [3.8, 4) is 0 Å². The minimum atomic E-state index is -0.424. The van der Waals surface area contributed by atoms with Crippen LogP contribution >= 0.6 is 0 Å². The molecule has 4 nitrogen and oxygen atoms in total. The largest absolute Gasteiger partial charge is 0.469 e. The van der Waals surface area contributed by atoms with E-state index in [0.29, 0.717) is 12.5 Å². The summed E-state index contributed by atoms with van der Waals surface area (Å²) in [5.41, 5.74) is -0.424. The Balaban J connectivity index is 2.94. The van der Waals surface area contributed by atoms with Crippen molar-refractivity contribution >= 4 is 11.9 Å². The molecule has 0 radical (unpaired) electrons. The van der Waals surface area contributed by atoms with Crippen molar-refractivity contribution in [2.24, 2.45) is 17.3 Å². The van der Waals surface area contributed by atoms with Gasteiger partial charge in [0.05, 0.1) is 13.0 Å². The molecule has 1 saturated carbocycles. The summed E-state index contributed by atoms with van der Waals surface area (Å²) in [6.45, 7) is 10.3. The summed E-state index contributed by atoms with van der Waals surface area (Å²) in [5, 5.41) is 0. The lowest BCUT2D eigenvalue weighted by Crippen LogP contribution is -2.51. The van der Waals surface area contributed by atoms with E-state index in [2.05, 4.69) is 6.92 Å². The Bertz CT molecular complexity index is 373. The molecule has 1 rings (SSSR count). The molecule has 0 bridgehead atoms. The van der Waals surface area contributed by atoms with Gasteiger partial charge in [0.25, 0.3) is 0 Å². The predicted octanol–water partition coefficient (Wildman–Crippen LogP) is 3.25. The Labute approximate surface area is 129 Å². The van der Waals surface area contributed by atoms with Gasteiger partial charge in [-0.2, -0.15) is 0 Å². The van der Waals surface area contributed by atoms with E-state index in [-0.39, 0.29) is 23.8 Å². The number of amides is 1. The number of methoxy groups -OCH3 is 1. The third-order valence-corrected chi connectivity index (χ3v) is 4.44. The van der Waals surface area contributed by atoms with Crippen molar-refractivity contribution in [1.29, 1.82) is 0 Å². The minimum Gasteiger partial charge on any atom is -0.469 e. The molecule has 0 spiro atoms. The lowest BCUT2D eigenvalue weighted by Gasteiger charge is -2.42. The molecule has 0 heterocycles. The number of hydrogen-bond donors (Lipinski definition) is 0. The molecule has 1 fully saturated rings. The zero-order valence-electron chi connectivity index (χ0n) is 14.4. The standard InChI is InChI=1S/C17H31NO3/c1-12-9-7-8-10-14(12)18(16(20)17(3,4)5)11-13(2)15(19)21-6/h12-14H,7-11H2,1-6H3. The number of carbonyl (C=O) groups is 2. The highest BCUT2D eigenvalue weighted by Gasteiger charge is 2.37. The van der Waals surface area contributed by atoms with Crippen molar-refractivity contribution in [2.45, 2.75) is 66.3 Å². The van der Waals surface area contributed by atoms with Crippen LogP contribution in [0.1, 0.15) is 60.3 Å². The fourth-order valence-electron chi connectivity index (χ4n) is 3.13. The monoisotopic (exact) mass is 297 g/mol. The van der Waals surface area contributed by atoms with Gasteiger partial charge in [-0.1, -0.05) is 47.5 Å². The average Bonchev–Trinajstić information content (AvgIpc) is 2.42. The second-order valence-corrected chi connectivity index (χ2v) is 7.46. The van der Waals surface area contributed by atoms with E-state index in [9.17, 15) is 9.59 Å². The quantitative estimate of drug-likeness (QED) is 0.748. The van der Waals surface area contributed by atoms with Crippen LogP contribution in [0.25, 0.3) is 0 Å². The Kier molecular flexibility index (Phi) is 6.24. The second-order valence-electron chi connectivity index (χ2n) is 7.46. The van der Waals surface area contributed by atoms with E-state index in [4.69, 9.17) is 4.74 Å². The third kappa shape index (κ3) is 4.72. The van der Waals surface area contributed by atoms with Crippen molar-refractivity contribution in [2.75, 3.05) is 13.7 Å². The van der Waals surface area contributed by atoms with Gasteiger partial charge >= 0.3 is 5.97 Å². The fourth-order valence-corrected chi connectivity index (χ4v) is 3.13. The molecule has 0 saturated heterocycles. The van der Waals surface area contributed by atoms with Gasteiger partial charge in [0.1, 0.15) is 0 Å². The molecular weight excluding hydrogens is 266 g/mol. The smallest absolute Gasteiger partial charge is 0.310 e. The Morgan fingerprint density at radius 1 is 1.24 bits per heavy atom. The molecule has 0 aromatic carbocycles. The lowest BCUT2D eigenvalue weighted by molar-refractivity contribution is -0.150. The second kappa shape index (κ2) is 7.28. The first kappa shape index (κ1) is 18.0. The van der Waals surface area contributed by atoms with Gasteiger partial charge in [-0.3, -0.25) is 9.59 Å². The van der Waals surface area contributed by atoms with Crippen LogP contribution in [0.15, 0.2) is 0 Å². The fraction of sp³-hybridized carbons (Fsp3) is 0.882. The molecule has 1 aliphatic carbocycles. The zero-order valence-corrected chi connectivity index (χ0v) is 14.4. The number of ether oxygens (including phenoxy) is 1. The van der Waals surface area contributed by atoms with Gasteiger partial charge in [-0.15, -0.1) is 0 Å². The van der Waals surface area contributed by atoms with Crippen LogP contribution < -0.4 is 0 Å². The van der Waals surface area contributed by atoms with Crippen LogP contribution in [-0.2, 0) is 14.3 Å². The first-order valence-corrected chi connectivity index (χ1v) is 8.07. The predicted molar refractivity (Wildman–Crippen MR) is 83.8 cm³/mol. The van der Waals surface area contributed by atoms with Crippen LogP contribution in [0.3, 0.4) is 0 Å². The Hall–Kier alpha value is -1.06. The first-order chi connectivity index (χ1) is 9.68. The van der Waals surface area contributed by atoms with E-state index in [1.807, 2.05) is 32.6 Å². The van der Waals surface area contributed by atoms with Crippen molar-refractivity contribution in [3.05, 3.63) is 0 Å². The van der Waals surface area contributed by atoms with E-state index >= 15 is 0 Å². The third-order valence-electron chi connectivity index (χ3n) is 4.44. The number of hydrogen-bond acceptors (Lipinski definition) is 3. The van der Waals surface area contributed by atoms with Crippen molar-refractivity contribution in [1.82, 2.24) is 4.90 Å². The molecule has 21 heavy (non-hydrogen) atoms. The van der Waals surface area contributed by atoms with Gasteiger partial charge in [0.15, 0.2) is 0 Å². The molecule has 1 aliphatic rings. The van der Waals surface area contributed by atoms with Crippen LogP contribution in [0.5, 0.6) is 0 Å². The van der Waals surface area contributed by atoms with Gasteiger partial charge < -0.3 is 9.64 Å². The minimum absolute atomic E-state index is 0.136. The maximum atomic E-state index is 12.8. The van der Waals surface area contributed by atoms with Gasteiger partial charge in [0.2, 0.25) is 5.91 Å². The van der Waals surface area contributed by atoms with E-state index in [0.717, 1.165) is 19.3 Å². The molecular formula is C17H31NO3. The summed E-state index contributed by atoms with van der Waals surface area (Å²) >= 11 is 0. The summed E-state index contributed by atoms with van der Waals surface area (Å²) in [7, 11) is 1.40. The van der Waals surface area contributed by atoms with Gasteiger partial charge in [-0.05, 0) is 18.8 Å². The van der Waals surface area contributed by atoms with E-state index in [1.54, 1.807) is 0 Å². The van der Waals surface area contributed by atoms with Crippen LogP contribution in [0.4, 0.5) is 0 Å². The Morgan fingerprint density at radius 2 is 1.81 bits per heavy atom. The highest BCUT2D eigenvalue weighted by atomic mass is 16.5. The molecule has 122 valence electrons. The normalized spacial score (nSPS) is 24.3. The van der Waals surface area contributed by atoms with Crippen LogP contribution in [0, 0.1) is 17.3 Å². The van der Waals surface area contributed by atoms with Gasteiger partial charge in [0, 0.05) is 18.0 Å². The molecule has 3 unspecified atom stereocenters. The number of carbonyl (C=O) groups excluding carboxylic acids is 2. The summed E-state index contributed by atoms with van der Waals surface area (Å²) in [4.78, 5) is 26.5. The van der Waals surface area contributed by atoms with Gasteiger partial charge in [-0.25, -0.2) is 0 Å². The van der Waals surface area contributed by atoms with Crippen LogP contribution in [0.2, 0.25) is 0 Å².